The number of rotatable bonds is 4. The lowest BCUT2D eigenvalue weighted by Gasteiger charge is -2.20. The molecule has 140 valence electrons. The van der Waals surface area contributed by atoms with Gasteiger partial charge in [-0.25, -0.2) is 0 Å². The van der Waals surface area contributed by atoms with Crippen molar-refractivity contribution < 1.29 is 18.0 Å². The van der Waals surface area contributed by atoms with E-state index in [0.29, 0.717) is 17.1 Å². The monoisotopic (exact) mass is 382 g/mol. The van der Waals surface area contributed by atoms with Gasteiger partial charge in [0.25, 0.3) is 11.5 Å². The van der Waals surface area contributed by atoms with Crippen LogP contribution in [0.3, 0.4) is 0 Å². The largest absolute Gasteiger partial charge is 0.431 e. The molecular weight excluding hydrogens is 368 g/mol. The maximum atomic E-state index is 12.7. The van der Waals surface area contributed by atoms with Crippen LogP contribution in [0.1, 0.15) is 33.2 Å². The van der Waals surface area contributed by atoms with Crippen molar-refractivity contribution in [3.8, 4) is 0 Å². The standard InChI is InChI=1S/C20H14BF3N2O2/c21-14-8-6-13(7-9-14)17(12-4-2-1-3-5-12)26-19(28)15-10-11-16(20(22,23)24)25-18(15)27/h1-11,17H,(H,25,27)(H,26,28). The van der Waals surface area contributed by atoms with Crippen molar-refractivity contribution in [3.05, 3.63) is 99.5 Å². The summed E-state index contributed by atoms with van der Waals surface area (Å²) in [6.07, 6.45) is -4.70. The lowest BCUT2D eigenvalue weighted by atomic mass is 9.91. The van der Waals surface area contributed by atoms with E-state index in [4.69, 9.17) is 7.85 Å². The van der Waals surface area contributed by atoms with Crippen LogP contribution in [0.5, 0.6) is 0 Å². The zero-order valence-corrected chi connectivity index (χ0v) is 14.5. The minimum Gasteiger partial charge on any atom is -0.341 e. The third-order valence-corrected chi connectivity index (χ3v) is 4.14. The van der Waals surface area contributed by atoms with Gasteiger partial charge in [0.2, 0.25) is 0 Å². The zero-order valence-electron chi connectivity index (χ0n) is 14.5. The normalized spacial score (nSPS) is 12.4. The second kappa shape index (κ2) is 7.76. The van der Waals surface area contributed by atoms with Crippen LogP contribution < -0.4 is 16.3 Å². The van der Waals surface area contributed by atoms with Crippen LogP contribution in [0.25, 0.3) is 0 Å². The van der Waals surface area contributed by atoms with Crippen LogP contribution in [0.15, 0.2) is 71.5 Å². The minimum atomic E-state index is -4.70. The lowest BCUT2D eigenvalue weighted by molar-refractivity contribution is -0.141. The molecule has 1 atom stereocenters. The third-order valence-electron chi connectivity index (χ3n) is 4.14. The molecule has 0 bridgehead atoms. The van der Waals surface area contributed by atoms with E-state index in [-0.39, 0.29) is 0 Å². The van der Waals surface area contributed by atoms with Crippen molar-refractivity contribution in [1.82, 2.24) is 10.3 Å². The molecule has 4 nitrogen and oxygen atoms in total. The van der Waals surface area contributed by atoms with Gasteiger partial charge >= 0.3 is 6.18 Å². The molecule has 1 heterocycles. The molecule has 0 aliphatic rings. The van der Waals surface area contributed by atoms with E-state index in [2.05, 4.69) is 5.32 Å². The summed E-state index contributed by atoms with van der Waals surface area (Å²) in [6.45, 7) is 0. The molecule has 0 saturated carbocycles. The Bertz CT molecular complexity index is 1030. The van der Waals surface area contributed by atoms with E-state index in [1.165, 1.54) is 0 Å². The number of H-pyrrole nitrogens is 1. The van der Waals surface area contributed by atoms with E-state index >= 15 is 0 Å². The Labute approximate surface area is 159 Å². The van der Waals surface area contributed by atoms with Crippen molar-refractivity contribution in [3.63, 3.8) is 0 Å². The van der Waals surface area contributed by atoms with E-state index in [9.17, 15) is 22.8 Å². The Balaban J connectivity index is 1.94. The van der Waals surface area contributed by atoms with Gasteiger partial charge < -0.3 is 10.3 Å². The Morgan fingerprint density at radius 1 is 0.929 bits per heavy atom. The second-order valence-electron chi connectivity index (χ2n) is 6.10. The zero-order chi connectivity index (χ0) is 20.3. The summed E-state index contributed by atoms with van der Waals surface area (Å²) in [4.78, 5) is 26.3. The Morgan fingerprint density at radius 2 is 1.54 bits per heavy atom. The molecule has 3 rings (SSSR count). The minimum absolute atomic E-state index is 0.413. The first-order valence-corrected chi connectivity index (χ1v) is 8.27. The van der Waals surface area contributed by atoms with Gasteiger partial charge in [-0.2, -0.15) is 13.2 Å². The molecule has 1 unspecified atom stereocenters. The van der Waals surface area contributed by atoms with Crippen molar-refractivity contribution >= 4 is 19.2 Å². The summed E-state index contributed by atoms with van der Waals surface area (Å²) >= 11 is 0. The van der Waals surface area contributed by atoms with Gasteiger partial charge in [-0.3, -0.25) is 9.59 Å². The van der Waals surface area contributed by atoms with Gasteiger partial charge in [0.05, 0.1) is 6.04 Å². The molecule has 28 heavy (non-hydrogen) atoms. The molecule has 2 aromatic carbocycles. The highest BCUT2D eigenvalue weighted by molar-refractivity contribution is 6.32. The molecule has 8 heteroatoms. The van der Waals surface area contributed by atoms with Crippen LogP contribution in [-0.2, 0) is 6.18 Å². The first-order valence-electron chi connectivity index (χ1n) is 8.27. The number of pyridine rings is 1. The summed E-state index contributed by atoms with van der Waals surface area (Å²) in [7, 11) is 5.70. The number of amides is 1. The molecule has 0 spiro atoms. The molecule has 0 saturated heterocycles. The summed E-state index contributed by atoms with van der Waals surface area (Å²) in [6, 6.07) is 16.7. The number of carbonyl (C=O) groups is 1. The van der Waals surface area contributed by atoms with Gasteiger partial charge in [-0.05, 0) is 23.3 Å². The van der Waals surface area contributed by atoms with Crippen LogP contribution >= 0.6 is 0 Å². The first kappa shape index (κ1) is 19.5. The van der Waals surface area contributed by atoms with Gasteiger partial charge in [-0.15, -0.1) is 0 Å². The smallest absolute Gasteiger partial charge is 0.341 e. The van der Waals surface area contributed by atoms with Crippen molar-refractivity contribution in [2.75, 3.05) is 0 Å². The number of nitrogens with one attached hydrogen (secondary N) is 2. The molecule has 1 amide bonds. The maximum Gasteiger partial charge on any atom is 0.431 e. The molecule has 1 aromatic heterocycles. The number of hydrogen-bond donors (Lipinski definition) is 2. The van der Waals surface area contributed by atoms with Crippen molar-refractivity contribution in [2.45, 2.75) is 12.2 Å². The van der Waals surface area contributed by atoms with Crippen LogP contribution in [0.2, 0.25) is 0 Å². The van der Waals surface area contributed by atoms with E-state index in [1.807, 2.05) is 6.07 Å². The Morgan fingerprint density at radius 3 is 2.11 bits per heavy atom. The average molecular weight is 382 g/mol. The topological polar surface area (TPSA) is 62.0 Å². The number of carbonyl (C=O) groups excluding carboxylic acids is 1. The molecule has 0 aliphatic heterocycles. The maximum absolute atomic E-state index is 12.7. The second-order valence-corrected chi connectivity index (χ2v) is 6.10. The number of hydrogen-bond acceptors (Lipinski definition) is 2. The van der Waals surface area contributed by atoms with Gasteiger partial charge in [0.1, 0.15) is 19.1 Å². The van der Waals surface area contributed by atoms with Crippen LogP contribution in [-0.4, -0.2) is 18.7 Å². The van der Waals surface area contributed by atoms with Crippen LogP contribution in [0, 0.1) is 0 Å². The third kappa shape index (κ3) is 4.33. The highest BCUT2D eigenvalue weighted by Crippen LogP contribution is 2.26. The highest BCUT2D eigenvalue weighted by atomic mass is 19.4. The fourth-order valence-electron chi connectivity index (χ4n) is 2.72. The quantitative estimate of drug-likeness (QED) is 0.682. The summed E-state index contributed by atoms with van der Waals surface area (Å²) in [5.74, 6) is -0.791. The van der Waals surface area contributed by atoms with Crippen LogP contribution in [0.4, 0.5) is 13.2 Å². The molecule has 2 N–H and O–H groups in total. The summed E-state index contributed by atoms with van der Waals surface area (Å²) in [5.41, 5.74) is -0.755. The van der Waals surface area contributed by atoms with E-state index in [1.54, 1.807) is 53.5 Å². The van der Waals surface area contributed by atoms with Gasteiger partial charge in [0, 0.05) is 0 Å². The molecular formula is C20H14BF3N2O2. The van der Waals surface area contributed by atoms with Crippen molar-refractivity contribution in [1.29, 1.82) is 0 Å². The first-order chi connectivity index (χ1) is 13.3. The fraction of sp³-hybridized carbons (Fsp3) is 0.100. The fourth-order valence-corrected chi connectivity index (χ4v) is 2.72. The SMILES string of the molecule is [B]c1ccc(C(NC(=O)c2ccc(C(F)(F)F)[nH]c2=O)c2ccccc2)cc1. The predicted octanol–water partition coefficient (Wildman–Crippen LogP) is 2.71. The van der Waals surface area contributed by atoms with E-state index < -0.39 is 34.9 Å². The average Bonchev–Trinajstić information content (AvgIpc) is 2.66. The lowest BCUT2D eigenvalue weighted by Crippen LogP contribution is -2.34. The predicted molar refractivity (Wildman–Crippen MR) is 99.6 cm³/mol. The number of aromatic amines is 1. The van der Waals surface area contributed by atoms with Gasteiger partial charge in [-0.1, -0.05) is 60.1 Å². The summed E-state index contributed by atoms with van der Waals surface area (Å²) in [5, 5.41) is 2.70. The highest BCUT2D eigenvalue weighted by Gasteiger charge is 2.32. The Hall–Kier alpha value is -3.29. The number of aromatic nitrogens is 1. The van der Waals surface area contributed by atoms with E-state index in [0.717, 1.165) is 11.6 Å². The number of halogens is 3. The molecule has 0 fully saturated rings. The molecule has 0 aliphatic carbocycles. The van der Waals surface area contributed by atoms with Gasteiger partial charge in [0.15, 0.2) is 0 Å². The number of benzene rings is 2. The number of alkyl halides is 3. The van der Waals surface area contributed by atoms with Crippen molar-refractivity contribution in [2.24, 2.45) is 0 Å². The summed E-state index contributed by atoms with van der Waals surface area (Å²) < 4.78 is 38.1. The molecule has 2 radical (unpaired) electrons. The molecule has 3 aromatic rings. The Kier molecular flexibility index (Phi) is 5.40.